The van der Waals surface area contributed by atoms with E-state index >= 15 is 0 Å². The average molecular weight is 266 g/mol. The van der Waals surface area contributed by atoms with E-state index in [2.05, 4.69) is 15.3 Å². The normalized spacial score (nSPS) is 14.9. The zero-order valence-corrected chi connectivity index (χ0v) is 11.0. The number of nitrogens with one attached hydrogen (secondary N) is 1. The maximum absolute atomic E-state index is 5.95. The molecule has 1 aliphatic carbocycles. The number of anilines is 1. The molecule has 0 saturated heterocycles. The molecule has 17 heavy (non-hydrogen) atoms. The van der Waals surface area contributed by atoms with Crippen LogP contribution in [-0.2, 0) is 0 Å². The van der Waals surface area contributed by atoms with Gasteiger partial charge in [-0.05, 0) is 25.0 Å². The molecular formula is C12H12ClN3S. The molecule has 2 aromatic heterocycles. The van der Waals surface area contributed by atoms with Crippen molar-refractivity contribution in [3.63, 3.8) is 0 Å². The second-order valence-corrected chi connectivity index (χ2v) is 5.84. The molecule has 1 N–H and O–H groups in total. The first-order chi connectivity index (χ1) is 8.26. The van der Waals surface area contributed by atoms with Gasteiger partial charge in [0.15, 0.2) is 5.82 Å². The van der Waals surface area contributed by atoms with E-state index in [1.165, 1.54) is 24.2 Å². The SMILES string of the molecule is CNc1cc(C2CC2)nc(-c2ccc(Cl)s2)n1. The maximum atomic E-state index is 5.95. The standard InChI is InChI=1S/C12H12ClN3S/c1-14-11-6-8(7-2-3-7)15-12(16-11)9-4-5-10(13)17-9/h4-7H,2-3H2,1H3,(H,14,15,16). The molecule has 2 heterocycles. The summed E-state index contributed by atoms with van der Waals surface area (Å²) in [5.41, 5.74) is 1.14. The number of rotatable bonds is 3. The van der Waals surface area contributed by atoms with E-state index in [9.17, 15) is 0 Å². The van der Waals surface area contributed by atoms with Gasteiger partial charge in [0.2, 0.25) is 0 Å². The summed E-state index contributed by atoms with van der Waals surface area (Å²) >= 11 is 7.46. The monoisotopic (exact) mass is 265 g/mol. The Bertz CT molecular complexity index is 548. The fourth-order valence-corrected chi connectivity index (χ4v) is 2.70. The third-order valence-electron chi connectivity index (χ3n) is 2.79. The molecule has 0 unspecified atom stereocenters. The van der Waals surface area contributed by atoms with Crippen LogP contribution in [-0.4, -0.2) is 17.0 Å². The second kappa shape index (κ2) is 4.27. The van der Waals surface area contributed by atoms with E-state index < -0.39 is 0 Å². The maximum Gasteiger partial charge on any atom is 0.171 e. The summed E-state index contributed by atoms with van der Waals surface area (Å²) in [6, 6.07) is 5.89. The van der Waals surface area contributed by atoms with E-state index in [1.807, 2.05) is 25.2 Å². The van der Waals surface area contributed by atoms with Crippen LogP contribution in [0, 0.1) is 0 Å². The van der Waals surface area contributed by atoms with Crippen molar-refractivity contribution < 1.29 is 0 Å². The molecule has 0 atom stereocenters. The lowest BCUT2D eigenvalue weighted by Gasteiger charge is -2.05. The Labute approximate surface area is 109 Å². The number of hydrogen-bond acceptors (Lipinski definition) is 4. The largest absolute Gasteiger partial charge is 0.373 e. The van der Waals surface area contributed by atoms with Crippen molar-refractivity contribution in [2.45, 2.75) is 18.8 Å². The molecule has 88 valence electrons. The first-order valence-electron chi connectivity index (χ1n) is 5.58. The van der Waals surface area contributed by atoms with Gasteiger partial charge in [-0.1, -0.05) is 11.6 Å². The van der Waals surface area contributed by atoms with Crippen LogP contribution in [0.4, 0.5) is 5.82 Å². The minimum atomic E-state index is 0.624. The van der Waals surface area contributed by atoms with Crippen LogP contribution < -0.4 is 5.32 Å². The van der Waals surface area contributed by atoms with Crippen molar-refractivity contribution in [1.29, 1.82) is 0 Å². The molecule has 0 spiro atoms. The first-order valence-corrected chi connectivity index (χ1v) is 6.78. The van der Waals surface area contributed by atoms with E-state index in [1.54, 1.807) is 0 Å². The summed E-state index contributed by atoms with van der Waals surface area (Å²) in [7, 11) is 1.88. The molecule has 1 aliphatic rings. The zero-order chi connectivity index (χ0) is 11.8. The van der Waals surface area contributed by atoms with Gasteiger partial charge in [0, 0.05) is 24.7 Å². The lowest BCUT2D eigenvalue weighted by atomic mass is 10.2. The van der Waals surface area contributed by atoms with Crippen molar-refractivity contribution in [3.8, 4) is 10.7 Å². The Kier molecular flexibility index (Phi) is 2.76. The van der Waals surface area contributed by atoms with Crippen molar-refractivity contribution in [2.24, 2.45) is 0 Å². The van der Waals surface area contributed by atoms with Gasteiger partial charge in [-0.15, -0.1) is 11.3 Å². The lowest BCUT2D eigenvalue weighted by Crippen LogP contribution is -1.99. The second-order valence-electron chi connectivity index (χ2n) is 4.13. The molecule has 1 saturated carbocycles. The predicted octanol–water partition coefficient (Wildman–Crippen LogP) is 3.78. The van der Waals surface area contributed by atoms with Crippen LogP contribution in [0.2, 0.25) is 4.34 Å². The minimum absolute atomic E-state index is 0.624. The van der Waals surface area contributed by atoms with E-state index in [-0.39, 0.29) is 0 Å². The average Bonchev–Trinajstić information content (AvgIpc) is 3.11. The third kappa shape index (κ3) is 2.28. The fourth-order valence-electron chi connectivity index (χ4n) is 1.73. The number of halogens is 1. The van der Waals surface area contributed by atoms with Crippen LogP contribution in [0.1, 0.15) is 24.5 Å². The van der Waals surface area contributed by atoms with Gasteiger partial charge < -0.3 is 5.32 Å². The highest BCUT2D eigenvalue weighted by Crippen LogP contribution is 2.40. The molecule has 1 fully saturated rings. The Hall–Kier alpha value is -1.13. The summed E-state index contributed by atoms with van der Waals surface area (Å²) in [5, 5.41) is 3.09. The molecule has 3 rings (SSSR count). The van der Waals surface area contributed by atoms with Crippen LogP contribution in [0.15, 0.2) is 18.2 Å². The van der Waals surface area contributed by atoms with Crippen molar-refractivity contribution in [2.75, 3.05) is 12.4 Å². The smallest absolute Gasteiger partial charge is 0.171 e. The summed E-state index contributed by atoms with van der Waals surface area (Å²) in [6.07, 6.45) is 2.48. The van der Waals surface area contributed by atoms with Crippen molar-refractivity contribution in [1.82, 2.24) is 9.97 Å². The van der Waals surface area contributed by atoms with Crippen LogP contribution >= 0.6 is 22.9 Å². The molecular weight excluding hydrogens is 254 g/mol. The Balaban J connectivity index is 2.05. The molecule has 3 nitrogen and oxygen atoms in total. The van der Waals surface area contributed by atoms with E-state index in [4.69, 9.17) is 11.6 Å². The van der Waals surface area contributed by atoms with Crippen LogP contribution in [0.3, 0.4) is 0 Å². The van der Waals surface area contributed by atoms with Gasteiger partial charge in [0.05, 0.1) is 9.21 Å². The number of thiophene rings is 1. The summed E-state index contributed by atoms with van der Waals surface area (Å²) in [6.45, 7) is 0. The van der Waals surface area contributed by atoms with Gasteiger partial charge in [-0.25, -0.2) is 9.97 Å². The highest BCUT2D eigenvalue weighted by Gasteiger charge is 2.26. The topological polar surface area (TPSA) is 37.8 Å². The predicted molar refractivity (Wildman–Crippen MR) is 71.9 cm³/mol. The van der Waals surface area contributed by atoms with Gasteiger partial charge in [-0.2, -0.15) is 0 Å². The summed E-state index contributed by atoms with van der Waals surface area (Å²) in [5.74, 6) is 2.27. The highest BCUT2D eigenvalue weighted by atomic mass is 35.5. The minimum Gasteiger partial charge on any atom is -0.373 e. The molecule has 0 radical (unpaired) electrons. The van der Waals surface area contributed by atoms with Crippen LogP contribution in [0.25, 0.3) is 10.7 Å². The molecule has 2 aromatic rings. The third-order valence-corrected chi connectivity index (χ3v) is 4.02. The molecule has 0 aliphatic heterocycles. The fraction of sp³-hybridized carbons (Fsp3) is 0.333. The Morgan fingerprint density at radius 2 is 2.18 bits per heavy atom. The van der Waals surface area contributed by atoms with Crippen molar-refractivity contribution >= 4 is 28.8 Å². The molecule has 0 amide bonds. The number of aromatic nitrogens is 2. The zero-order valence-electron chi connectivity index (χ0n) is 9.40. The van der Waals surface area contributed by atoms with Crippen LogP contribution in [0.5, 0.6) is 0 Å². The lowest BCUT2D eigenvalue weighted by molar-refractivity contribution is 0.997. The van der Waals surface area contributed by atoms with Gasteiger partial charge >= 0.3 is 0 Å². The summed E-state index contributed by atoms with van der Waals surface area (Å²) in [4.78, 5) is 10.1. The number of hydrogen-bond donors (Lipinski definition) is 1. The Morgan fingerprint density at radius 1 is 1.35 bits per heavy atom. The van der Waals surface area contributed by atoms with Gasteiger partial charge in [-0.3, -0.25) is 0 Å². The van der Waals surface area contributed by atoms with Crippen molar-refractivity contribution in [3.05, 3.63) is 28.2 Å². The Morgan fingerprint density at radius 3 is 2.76 bits per heavy atom. The van der Waals surface area contributed by atoms with Gasteiger partial charge in [0.1, 0.15) is 5.82 Å². The molecule has 0 aromatic carbocycles. The quantitative estimate of drug-likeness (QED) is 0.918. The molecule has 5 heteroatoms. The van der Waals surface area contributed by atoms with E-state index in [0.29, 0.717) is 5.92 Å². The highest BCUT2D eigenvalue weighted by molar-refractivity contribution is 7.19. The number of nitrogens with zero attached hydrogens (tertiary/aromatic N) is 2. The van der Waals surface area contributed by atoms with Gasteiger partial charge in [0.25, 0.3) is 0 Å². The molecule has 0 bridgehead atoms. The summed E-state index contributed by atoms with van der Waals surface area (Å²) < 4.78 is 0.770. The first kappa shape index (κ1) is 11.0. The van der Waals surface area contributed by atoms with E-state index in [0.717, 1.165) is 26.5 Å².